The van der Waals surface area contributed by atoms with E-state index in [4.69, 9.17) is 0 Å². The van der Waals surface area contributed by atoms with E-state index in [1.807, 2.05) is 61.5 Å². The number of carbonyl (C=O) groups is 1. The number of fused-ring (bicyclic) bond motifs is 1. The van der Waals surface area contributed by atoms with E-state index in [9.17, 15) is 14.4 Å². The maximum absolute atomic E-state index is 13.5. The molecule has 0 fully saturated rings. The van der Waals surface area contributed by atoms with Gasteiger partial charge in [-0.25, -0.2) is 14.3 Å². The Balaban J connectivity index is 1.47. The van der Waals surface area contributed by atoms with Crippen molar-refractivity contribution in [2.24, 2.45) is 0 Å². The molecule has 1 aliphatic rings. The Labute approximate surface area is 202 Å². The maximum atomic E-state index is 13.5. The van der Waals surface area contributed by atoms with E-state index in [1.54, 1.807) is 15.8 Å². The molecular formula is C27H27N5O3. The molecule has 0 saturated heterocycles. The first-order valence-corrected chi connectivity index (χ1v) is 11.8. The van der Waals surface area contributed by atoms with Crippen LogP contribution in [0.1, 0.15) is 24.5 Å². The van der Waals surface area contributed by atoms with Crippen LogP contribution < -0.4 is 11.2 Å². The molecule has 5 rings (SSSR count). The van der Waals surface area contributed by atoms with Crippen LogP contribution in [-0.2, 0) is 24.4 Å². The van der Waals surface area contributed by atoms with Crippen LogP contribution in [0.25, 0.3) is 16.7 Å². The van der Waals surface area contributed by atoms with Gasteiger partial charge in [0.05, 0.1) is 12.9 Å². The van der Waals surface area contributed by atoms with Gasteiger partial charge in [0.25, 0.3) is 5.56 Å². The van der Waals surface area contributed by atoms with Gasteiger partial charge in [-0.3, -0.25) is 14.2 Å². The zero-order valence-electron chi connectivity index (χ0n) is 19.6. The summed E-state index contributed by atoms with van der Waals surface area (Å²) >= 11 is 0. The second-order valence-corrected chi connectivity index (χ2v) is 8.63. The van der Waals surface area contributed by atoms with Crippen LogP contribution in [0.15, 0.2) is 82.7 Å². The highest BCUT2D eigenvalue weighted by Gasteiger charge is 2.23. The number of aryl methyl sites for hydroxylation is 1. The average molecular weight is 470 g/mol. The summed E-state index contributed by atoms with van der Waals surface area (Å²) in [5.41, 5.74) is 2.91. The summed E-state index contributed by atoms with van der Waals surface area (Å²) in [7, 11) is 0. The molecule has 0 bridgehead atoms. The Hall–Kier alpha value is -4.20. The van der Waals surface area contributed by atoms with Crippen molar-refractivity contribution in [2.75, 3.05) is 13.1 Å². The highest BCUT2D eigenvalue weighted by Crippen LogP contribution is 2.22. The van der Waals surface area contributed by atoms with Gasteiger partial charge >= 0.3 is 5.69 Å². The monoisotopic (exact) mass is 469 g/mol. The number of benzene rings is 2. The van der Waals surface area contributed by atoms with Gasteiger partial charge in [0, 0.05) is 19.6 Å². The molecule has 1 amide bonds. The zero-order valence-corrected chi connectivity index (χ0v) is 19.6. The topological polar surface area (TPSA) is 82.1 Å². The molecule has 3 heterocycles. The number of hydrogen-bond acceptors (Lipinski definition) is 4. The minimum atomic E-state index is -0.529. The first kappa shape index (κ1) is 22.6. The lowest BCUT2D eigenvalue weighted by Gasteiger charge is -2.27. The predicted octanol–water partition coefficient (Wildman–Crippen LogP) is 2.74. The Kier molecular flexibility index (Phi) is 6.18. The minimum Gasteiger partial charge on any atom is -0.337 e. The molecular weight excluding hydrogens is 442 g/mol. The number of imidazole rings is 1. The van der Waals surface area contributed by atoms with Crippen LogP contribution in [0.5, 0.6) is 0 Å². The molecule has 35 heavy (non-hydrogen) atoms. The normalized spacial score (nSPS) is 13.7. The van der Waals surface area contributed by atoms with Crippen molar-refractivity contribution in [3.63, 3.8) is 0 Å². The van der Waals surface area contributed by atoms with Gasteiger partial charge in [-0.1, -0.05) is 66.7 Å². The third-order valence-electron chi connectivity index (χ3n) is 6.51. The van der Waals surface area contributed by atoms with Gasteiger partial charge in [-0.15, -0.1) is 0 Å². The van der Waals surface area contributed by atoms with Crippen LogP contribution in [0.2, 0.25) is 0 Å². The summed E-state index contributed by atoms with van der Waals surface area (Å²) in [6.07, 6.45) is 4.34. The van der Waals surface area contributed by atoms with E-state index < -0.39 is 11.2 Å². The highest BCUT2D eigenvalue weighted by atomic mass is 16.2. The van der Waals surface area contributed by atoms with E-state index in [-0.39, 0.29) is 19.0 Å². The Morgan fingerprint density at radius 1 is 0.971 bits per heavy atom. The molecule has 0 radical (unpaired) electrons. The van der Waals surface area contributed by atoms with Crippen molar-refractivity contribution in [3.05, 3.63) is 105 Å². The molecule has 2 aromatic carbocycles. The summed E-state index contributed by atoms with van der Waals surface area (Å²) in [5, 5.41) is 0. The lowest BCUT2D eigenvalue weighted by Crippen LogP contribution is -2.46. The smallest absolute Gasteiger partial charge is 0.333 e. The molecule has 1 aliphatic heterocycles. The maximum Gasteiger partial charge on any atom is 0.333 e. The molecule has 8 heteroatoms. The standard InChI is InChI=1S/C27H27N5O3/c1-2-29-19-28-25-24(29)26(34)32(27(35)31(25)17-20-9-5-3-6-10-20)18-23(33)30-15-13-22(14-16-30)21-11-7-4-8-12-21/h3-13,19H,2,14-18H2,1H3. The van der Waals surface area contributed by atoms with Gasteiger partial charge in [0.2, 0.25) is 5.91 Å². The number of rotatable bonds is 6. The number of nitrogens with zero attached hydrogens (tertiary/aromatic N) is 5. The number of carbonyl (C=O) groups excluding carboxylic acids is 1. The second kappa shape index (κ2) is 9.58. The number of hydrogen-bond donors (Lipinski definition) is 0. The van der Waals surface area contributed by atoms with E-state index in [0.29, 0.717) is 30.8 Å². The fourth-order valence-corrected chi connectivity index (χ4v) is 4.57. The third-order valence-corrected chi connectivity index (χ3v) is 6.51. The summed E-state index contributed by atoms with van der Waals surface area (Å²) in [6, 6.07) is 19.6. The van der Waals surface area contributed by atoms with Crippen molar-refractivity contribution >= 4 is 22.6 Å². The van der Waals surface area contributed by atoms with Crippen LogP contribution in [0.3, 0.4) is 0 Å². The minimum absolute atomic E-state index is 0.249. The van der Waals surface area contributed by atoms with Crippen LogP contribution >= 0.6 is 0 Å². The van der Waals surface area contributed by atoms with Crippen LogP contribution in [0.4, 0.5) is 0 Å². The fourth-order valence-electron chi connectivity index (χ4n) is 4.57. The van der Waals surface area contributed by atoms with E-state index in [0.717, 1.165) is 22.1 Å². The van der Waals surface area contributed by atoms with Gasteiger partial charge in [0.1, 0.15) is 6.54 Å². The zero-order chi connectivity index (χ0) is 24.4. The summed E-state index contributed by atoms with van der Waals surface area (Å²) in [5.74, 6) is -0.249. The quantitative estimate of drug-likeness (QED) is 0.435. The van der Waals surface area contributed by atoms with E-state index in [1.165, 1.54) is 10.1 Å². The van der Waals surface area contributed by atoms with Crippen molar-refractivity contribution in [2.45, 2.75) is 33.0 Å². The Morgan fingerprint density at radius 2 is 1.69 bits per heavy atom. The SMILES string of the molecule is CCn1cnc2c1c(=O)n(CC(=O)N1CC=C(c3ccccc3)CC1)c(=O)n2Cc1ccccc1. The Morgan fingerprint density at radius 3 is 2.34 bits per heavy atom. The van der Waals surface area contributed by atoms with E-state index >= 15 is 0 Å². The first-order chi connectivity index (χ1) is 17.1. The predicted molar refractivity (Wildman–Crippen MR) is 135 cm³/mol. The molecule has 2 aromatic heterocycles. The van der Waals surface area contributed by atoms with Crippen molar-refractivity contribution in [1.29, 1.82) is 0 Å². The molecule has 178 valence electrons. The lowest BCUT2D eigenvalue weighted by molar-refractivity contribution is -0.131. The Bertz CT molecular complexity index is 1510. The van der Waals surface area contributed by atoms with Gasteiger partial charge < -0.3 is 9.47 Å². The largest absolute Gasteiger partial charge is 0.337 e. The number of amides is 1. The van der Waals surface area contributed by atoms with E-state index in [2.05, 4.69) is 17.1 Å². The molecule has 0 atom stereocenters. The third kappa shape index (κ3) is 4.35. The van der Waals surface area contributed by atoms with Gasteiger partial charge in [-0.2, -0.15) is 0 Å². The molecule has 0 N–H and O–H groups in total. The van der Waals surface area contributed by atoms with Crippen molar-refractivity contribution < 1.29 is 4.79 Å². The van der Waals surface area contributed by atoms with Crippen LogP contribution in [0, 0.1) is 0 Å². The van der Waals surface area contributed by atoms with Gasteiger partial charge in [-0.05, 0) is 30.0 Å². The van der Waals surface area contributed by atoms with Gasteiger partial charge in [0.15, 0.2) is 11.2 Å². The summed E-state index contributed by atoms with van der Waals surface area (Å²) in [4.78, 5) is 46.1. The first-order valence-electron chi connectivity index (χ1n) is 11.8. The molecule has 0 saturated carbocycles. The second-order valence-electron chi connectivity index (χ2n) is 8.63. The highest BCUT2D eigenvalue weighted by molar-refractivity contribution is 5.79. The number of aromatic nitrogens is 4. The van der Waals surface area contributed by atoms with Crippen molar-refractivity contribution in [3.8, 4) is 0 Å². The molecule has 0 unspecified atom stereocenters. The fraction of sp³-hybridized carbons (Fsp3) is 0.259. The molecule has 0 aliphatic carbocycles. The lowest BCUT2D eigenvalue weighted by atomic mass is 9.99. The molecule has 4 aromatic rings. The summed E-state index contributed by atoms with van der Waals surface area (Å²) < 4.78 is 4.25. The van der Waals surface area contributed by atoms with Crippen molar-refractivity contribution in [1.82, 2.24) is 23.6 Å². The van der Waals surface area contributed by atoms with Crippen LogP contribution in [-0.4, -0.2) is 42.6 Å². The molecule has 8 nitrogen and oxygen atoms in total. The molecule has 0 spiro atoms. The average Bonchev–Trinajstić information content (AvgIpc) is 3.34. The summed E-state index contributed by atoms with van der Waals surface area (Å²) in [6.45, 7) is 3.40.